The molecule has 0 amide bonds. The zero-order valence-corrected chi connectivity index (χ0v) is 9.68. The van der Waals surface area contributed by atoms with Crippen molar-refractivity contribution in [2.24, 2.45) is 5.92 Å². The van der Waals surface area contributed by atoms with Crippen LogP contribution in [0.3, 0.4) is 0 Å². The number of hydrogen-bond donors (Lipinski definition) is 1. The first kappa shape index (κ1) is 13.4. The zero-order valence-electron chi connectivity index (χ0n) is 9.68. The molecule has 5 heteroatoms. The number of aliphatic carboxylic acids is 1. The molecule has 1 aliphatic rings. The van der Waals surface area contributed by atoms with Crippen molar-refractivity contribution in [2.45, 2.75) is 25.4 Å². The van der Waals surface area contributed by atoms with E-state index in [1.165, 1.54) is 0 Å². The van der Waals surface area contributed by atoms with Gasteiger partial charge in [0.1, 0.15) is 0 Å². The first-order chi connectivity index (χ1) is 7.75. The largest absolute Gasteiger partial charge is 0.479 e. The van der Waals surface area contributed by atoms with Crippen LogP contribution < -0.4 is 0 Å². The lowest BCUT2D eigenvalue weighted by Gasteiger charge is -2.12. The highest BCUT2D eigenvalue weighted by Crippen LogP contribution is 2.34. The lowest BCUT2D eigenvalue weighted by molar-refractivity contribution is -0.152. The van der Waals surface area contributed by atoms with Crippen LogP contribution in [0.1, 0.15) is 19.3 Å². The Hall–Kier alpha value is -0.650. The predicted octanol–water partition coefficient (Wildman–Crippen LogP) is 0.919. The molecule has 0 spiro atoms. The van der Waals surface area contributed by atoms with Gasteiger partial charge in [-0.3, -0.25) is 0 Å². The van der Waals surface area contributed by atoms with Gasteiger partial charge in [0.15, 0.2) is 6.10 Å². The SMILES string of the molecule is COCCOCCCOC(C(=O)O)C1CC1. The van der Waals surface area contributed by atoms with Crippen molar-refractivity contribution in [3.8, 4) is 0 Å². The summed E-state index contributed by atoms with van der Waals surface area (Å²) in [5.41, 5.74) is 0. The summed E-state index contributed by atoms with van der Waals surface area (Å²) in [6, 6.07) is 0. The minimum Gasteiger partial charge on any atom is -0.479 e. The lowest BCUT2D eigenvalue weighted by atomic mass is 10.2. The Morgan fingerprint density at radius 3 is 2.62 bits per heavy atom. The van der Waals surface area contributed by atoms with Gasteiger partial charge in [0.05, 0.1) is 13.2 Å². The van der Waals surface area contributed by atoms with Gasteiger partial charge >= 0.3 is 5.97 Å². The number of carboxylic acid groups (broad SMARTS) is 1. The van der Waals surface area contributed by atoms with Gasteiger partial charge in [-0.15, -0.1) is 0 Å². The van der Waals surface area contributed by atoms with E-state index in [-0.39, 0.29) is 5.92 Å². The first-order valence-corrected chi connectivity index (χ1v) is 5.66. The highest BCUT2D eigenvalue weighted by molar-refractivity contribution is 5.73. The van der Waals surface area contributed by atoms with Crippen LogP contribution in [0.2, 0.25) is 0 Å². The second kappa shape index (κ2) is 7.60. The molecule has 94 valence electrons. The van der Waals surface area contributed by atoms with Crippen molar-refractivity contribution in [3.63, 3.8) is 0 Å². The van der Waals surface area contributed by atoms with Gasteiger partial charge in [-0.25, -0.2) is 4.79 Å². The molecular formula is C11H20O5. The summed E-state index contributed by atoms with van der Waals surface area (Å²) in [5.74, 6) is -0.616. The number of ether oxygens (including phenoxy) is 3. The van der Waals surface area contributed by atoms with E-state index in [0.717, 1.165) is 19.3 Å². The normalized spacial score (nSPS) is 17.3. The van der Waals surface area contributed by atoms with Gasteiger partial charge in [0.25, 0.3) is 0 Å². The Labute approximate surface area is 95.7 Å². The smallest absolute Gasteiger partial charge is 0.333 e. The molecule has 0 heterocycles. The van der Waals surface area contributed by atoms with E-state index in [4.69, 9.17) is 19.3 Å². The highest BCUT2D eigenvalue weighted by Gasteiger charge is 2.36. The second-order valence-electron chi connectivity index (χ2n) is 3.93. The summed E-state index contributed by atoms with van der Waals surface area (Å²) in [5, 5.41) is 8.88. The van der Waals surface area contributed by atoms with E-state index in [2.05, 4.69) is 0 Å². The van der Waals surface area contributed by atoms with Gasteiger partial charge in [0.2, 0.25) is 0 Å². The number of hydrogen-bond acceptors (Lipinski definition) is 4. The molecule has 0 aromatic heterocycles. The third-order valence-corrected chi connectivity index (χ3v) is 2.46. The fourth-order valence-corrected chi connectivity index (χ4v) is 1.42. The van der Waals surface area contributed by atoms with E-state index in [1.807, 2.05) is 0 Å². The molecule has 1 N–H and O–H groups in total. The van der Waals surface area contributed by atoms with E-state index >= 15 is 0 Å². The third-order valence-electron chi connectivity index (χ3n) is 2.46. The van der Waals surface area contributed by atoms with Crippen molar-refractivity contribution in [1.82, 2.24) is 0 Å². The summed E-state index contributed by atoms with van der Waals surface area (Å²) in [4.78, 5) is 10.8. The Morgan fingerprint density at radius 1 is 1.31 bits per heavy atom. The molecule has 0 aromatic carbocycles. The van der Waals surface area contributed by atoms with Gasteiger partial charge in [0, 0.05) is 20.3 Å². The fourth-order valence-electron chi connectivity index (χ4n) is 1.42. The van der Waals surface area contributed by atoms with Crippen molar-refractivity contribution in [1.29, 1.82) is 0 Å². The number of methoxy groups -OCH3 is 1. The molecule has 1 atom stereocenters. The maximum Gasteiger partial charge on any atom is 0.333 e. The molecule has 0 bridgehead atoms. The molecule has 1 unspecified atom stereocenters. The standard InChI is InChI=1S/C11H20O5/c1-14-7-8-15-5-2-6-16-10(11(12)13)9-3-4-9/h9-10H,2-8H2,1H3,(H,12,13). The second-order valence-corrected chi connectivity index (χ2v) is 3.93. The Kier molecular flexibility index (Phi) is 6.37. The third kappa shape index (κ3) is 5.44. The molecule has 1 fully saturated rings. The number of carboxylic acids is 1. The average molecular weight is 232 g/mol. The van der Waals surface area contributed by atoms with E-state index in [1.54, 1.807) is 7.11 Å². The molecule has 16 heavy (non-hydrogen) atoms. The predicted molar refractivity (Wildman–Crippen MR) is 57.4 cm³/mol. The number of carbonyl (C=O) groups is 1. The summed E-state index contributed by atoms with van der Waals surface area (Å²) in [7, 11) is 1.62. The van der Waals surface area contributed by atoms with Gasteiger partial charge in [-0.2, -0.15) is 0 Å². The summed E-state index contributed by atoms with van der Waals surface area (Å²) < 4.78 is 15.4. The van der Waals surface area contributed by atoms with E-state index < -0.39 is 12.1 Å². The maximum atomic E-state index is 10.8. The number of rotatable bonds is 10. The topological polar surface area (TPSA) is 65.0 Å². The highest BCUT2D eigenvalue weighted by atomic mass is 16.5. The van der Waals surface area contributed by atoms with Gasteiger partial charge < -0.3 is 19.3 Å². The van der Waals surface area contributed by atoms with Crippen LogP contribution in [0.15, 0.2) is 0 Å². The van der Waals surface area contributed by atoms with Crippen molar-refractivity contribution in [3.05, 3.63) is 0 Å². The van der Waals surface area contributed by atoms with Crippen LogP contribution in [0.4, 0.5) is 0 Å². The summed E-state index contributed by atoms with van der Waals surface area (Å²) in [6.07, 6.45) is 2.06. The maximum absolute atomic E-state index is 10.8. The van der Waals surface area contributed by atoms with E-state index in [9.17, 15) is 4.79 Å². The van der Waals surface area contributed by atoms with Crippen molar-refractivity contribution < 1.29 is 24.1 Å². The van der Waals surface area contributed by atoms with Crippen LogP contribution >= 0.6 is 0 Å². The quantitative estimate of drug-likeness (QED) is 0.567. The molecule has 1 saturated carbocycles. The molecular weight excluding hydrogens is 212 g/mol. The van der Waals surface area contributed by atoms with Crippen LogP contribution in [-0.4, -0.2) is 50.7 Å². The van der Waals surface area contributed by atoms with Crippen LogP contribution in [0.25, 0.3) is 0 Å². The molecule has 0 aliphatic heterocycles. The molecule has 0 aromatic rings. The molecule has 0 radical (unpaired) electrons. The van der Waals surface area contributed by atoms with Gasteiger partial charge in [-0.05, 0) is 25.2 Å². The molecule has 1 aliphatic carbocycles. The Balaban J connectivity index is 1.94. The van der Waals surface area contributed by atoms with Crippen LogP contribution in [0.5, 0.6) is 0 Å². The first-order valence-electron chi connectivity index (χ1n) is 5.66. The molecule has 5 nitrogen and oxygen atoms in total. The average Bonchev–Trinajstić information content (AvgIpc) is 3.05. The Bertz CT molecular complexity index is 203. The van der Waals surface area contributed by atoms with Crippen molar-refractivity contribution in [2.75, 3.05) is 33.5 Å². The molecule has 0 saturated heterocycles. The van der Waals surface area contributed by atoms with E-state index in [0.29, 0.717) is 26.4 Å². The van der Waals surface area contributed by atoms with Crippen molar-refractivity contribution >= 4 is 5.97 Å². The minimum absolute atomic E-state index is 0.229. The summed E-state index contributed by atoms with van der Waals surface area (Å²) in [6.45, 7) is 2.18. The van der Waals surface area contributed by atoms with Crippen LogP contribution in [-0.2, 0) is 19.0 Å². The van der Waals surface area contributed by atoms with Crippen LogP contribution in [0, 0.1) is 5.92 Å². The minimum atomic E-state index is -0.845. The lowest BCUT2D eigenvalue weighted by Crippen LogP contribution is -2.26. The monoisotopic (exact) mass is 232 g/mol. The van der Waals surface area contributed by atoms with Gasteiger partial charge in [-0.1, -0.05) is 0 Å². The molecule has 1 rings (SSSR count). The summed E-state index contributed by atoms with van der Waals surface area (Å²) >= 11 is 0. The zero-order chi connectivity index (χ0) is 11.8. The Morgan fingerprint density at radius 2 is 2.06 bits per heavy atom. The fraction of sp³-hybridized carbons (Fsp3) is 0.909.